The lowest BCUT2D eigenvalue weighted by Crippen LogP contribution is -2.22. The van der Waals surface area contributed by atoms with Crippen molar-refractivity contribution in [2.45, 2.75) is 25.2 Å². The molecular formula is C32H24O7. The molecule has 39 heavy (non-hydrogen) atoms. The Morgan fingerprint density at radius 1 is 0.949 bits per heavy atom. The third-order valence-electron chi connectivity index (χ3n) is 7.29. The number of benzene rings is 3. The van der Waals surface area contributed by atoms with Gasteiger partial charge in [0.15, 0.2) is 5.76 Å². The Labute approximate surface area is 224 Å². The molecule has 4 heterocycles. The number of hydrogen-bond acceptors (Lipinski definition) is 7. The number of Topliss-reactive ketones (excluding diaryl/α,β-unsaturated/α-hetero) is 1. The van der Waals surface area contributed by atoms with Gasteiger partial charge in [0.1, 0.15) is 28.8 Å². The lowest BCUT2D eigenvalue weighted by atomic mass is 9.84. The zero-order valence-corrected chi connectivity index (χ0v) is 21.0. The van der Waals surface area contributed by atoms with Gasteiger partial charge in [-0.2, -0.15) is 0 Å². The average Bonchev–Trinajstić information content (AvgIpc) is 3.70. The van der Waals surface area contributed by atoms with Gasteiger partial charge in [0, 0.05) is 36.0 Å². The van der Waals surface area contributed by atoms with Gasteiger partial charge in [-0.05, 0) is 47.5 Å². The van der Waals surface area contributed by atoms with Gasteiger partial charge in [-0.25, -0.2) is 0 Å². The van der Waals surface area contributed by atoms with Crippen LogP contribution < -0.4 is 18.9 Å². The van der Waals surface area contributed by atoms with E-state index in [1.165, 1.54) is 17.4 Å². The van der Waals surface area contributed by atoms with Crippen molar-refractivity contribution in [2.24, 2.45) is 0 Å². The topological polar surface area (TPSA) is 84.2 Å². The highest BCUT2D eigenvalue weighted by atomic mass is 16.5. The molecule has 7 heteroatoms. The van der Waals surface area contributed by atoms with Crippen molar-refractivity contribution in [2.75, 3.05) is 13.2 Å². The molecule has 7 rings (SSSR count). The predicted molar refractivity (Wildman–Crippen MR) is 141 cm³/mol. The predicted octanol–water partition coefficient (Wildman–Crippen LogP) is 5.89. The molecule has 0 aliphatic carbocycles. The van der Waals surface area contributed by atoms with Gasteiger partial charge in [-0.3, -0.25) is 9.59 Å². The quantitative estimate of drug-likeness (QED) is 0.178. The van der Waals surface area contributed by atoms with Crippen LogP contribution in [-0.4, -0.2) is 25.0 Å². The van der Waals surface area contributed by atoms with Gasteiger partial charge in [0.2, 0.25) is 5.78 Å². The first kappa shape index (κ1) is 23.3. The molecule has 0 bridgehead atoms. The van der Waals surface area contributed by atoms with E-state index in [1.807, 2.05) is 30.3 Å². The first-order valence-corrected chi connectivity index (χ1v) is 13.0. The van der Waals surface area contributed by atoms with Gasteiger partial charge >= 0.3 is 5.97 Å². The Balaban J connectivity index is 1.19. The summed E-state index contributed by atoms with van der Waals surface area (Å²) in [5.74, 6) is 2.11. The fourth-order valence-electron chi connectivity index (χ4n) is 5.45. The highest BCUT2D eigenvalue weighted by Gasteiger charge is 2.39. The van der Waals surface area contributed by atoms with Crippen LogP contribution in [0, 0.1) is 0 Å². The molecule has 0 saturated heterocycles. The summed E-state index contributed by atoms with van der Waals surface area (Å²) in [6.45, 7) is 1.20. The Morgan fingerprint density at radius 3 is 2.74 bits per heavy atom. The molecule has 0 radical (unpaired) electrons. The van der Waals surface area contributed by atoms with Crippen LogP contribution >= 0.6 is 0 Å². The minimum absolute atomic E-state index is 0.101. The number of allylic oxidation sites excluding steroid dienone is 1. The molecule has 7 nitrogen and oxygen atoms in total. The number of ether oxygens (including phenoxy) is 4. The Kier molecular flexibility index (Phi) is 5.69. The number of rotatable bonds is 6. The standard InChI is InChI=1S/C32H24O7/c33-29-18-24(22-5-1-2-6-26(22)37-14-11-19-7-9-25-20(16-19)12-15-36-25)30-27(38-29)10-8-23-31(34)28(39-32(23)30)17-21-4-3-13-35-21/h1-10,13,16-17,24H,11-12,14-15,18H2/b28-17-/t24-/m0/s1. The molecule has 194 valence electrons. The molecule has 3 aliphatic rings. The summed E-state index contributed by atoms with van der Waals surface area (Å²) in [6.07, 6.45) is 4.87. The summed E-state index contributed by atoms with van der Waals surface area (Å²) >= 11 is 0. The van der Waals surface area contributed by atoms with Crippen LogP contribution in [0.1, 0.15) is 50.7 Å². The molecule has 1 aromatic heterocycles. The minimum atomic E-state index is -0.402. The molecule has 0 N–H and O–H groups in total. The molecule has 0 saturated carbocycles. The summed E-state index contributed by atoms with van der Waals surface area (Å²) < 4.78 is 28.9. The first-order chi connectivity index (χ1) is 19.1. The molecule has 4 aromatic rings. The largest absolute Gasteiger partial charge is 0.493 e. The van der Waals surface area contributed by atoms with E-state index in [-0.39, 0.29) is 23.9 Å². The molecule has 0 amide bonds. The second kappa shape index (κ2) is 9.51. The maximum Gasteiger partial charge on any atom is 0.312 e. The lowest BCUT2D eigenvalue weighted by molar-refractivity contribution is -0.135. The Bertz CT molecular complexity index is 1630. The summed E-state index contributed by atoms with van der Waals surface area (Å²) in [5.41, 5.74) is 4.34. The summed E-state index contributed by atoms with van der Waals surface area (Å²) in [6, 6.07) is 20.7. The highest BCUT2D eigenvalue weighted by molar-refractivity contribution is 6.15. The van der Waals surface area contributed by atoms with E-state index in [0.29, 0.717) is 40.7 Å². The Morgan fingerprint density at radius 2 is 1.85 bits per heavy atom. The zero-order chi connectivity index (χ0) is 26.3. The van der Waals surface area contributed by atoms with Crippen LogP contribution in [0.5, 0.6) is 23.0 Å². The third kappa shape index (κ3) is 4.26. The normalized spacial score (nSPS) is 18.2. The molecule has 0 spiro atoms. The molecular weight excluding hydrogens is 496 g/mol. The maximum absolute atomic E-state index is 13.2. The van der Waals surface area contributed by atoms with Crippen LogP contribution in [0.15, 0.2) is 83.2 Å². The first-order valence-electron chi connectivity index (χ1n) is 13.0. The number of esters is 1. The van der Waals surface area contributed by atoms with Gasteiger partial charge < -0.3 is 23.4 Å². The van der Waals surface area contributed by atoms with Crippen molar-refractivity contribution < 1.29 is 33.0 Å². The van der Waals surface area contributed by atoms with Crippen molar-refractivity contribution in [1.29, 1.82) is 0 Å². The minimum Gasteiger partial charge on any atom is -0.493 e. The van der Waals surface area contributed by atoms with Gasteiger partial charge in [0.05, 0.1) is 31.5 Å². The number of para-hydroxylation sites is 1. The maximum atomic E-state index is 13.2. The van der Waals surface area contributed by atoms with Crippen LogP contribution in [-0.2, 0) is 17.6 Å². The van der Waals surface area contributed by atoms with E-state index < -0.39 is 5.92 Å². The van der Waals surface area contributed by atoms with Crippen molar-refractivity contribution in [3.8, 4) is 23.0 Å². The van der Waals surface area contributed by atoms with E-state index in [1.54, 1.807) is 30.3 Å². The second-order valence-electron chi connectivity index (χ2n) is 9.72. The van der Waals surface area contributed by atoms with Crippen molar-refractivity contribution in [3.63, 3.8) is 0 Å². The fraction of sp³-hybridized carbons (Fsp3) is 0.188. The van der Waals surface area contributed by atoms with E-state index >= 15 is 0 Å². The smallest absolute Gasteiger partial charge is 0.312 e. The lowest BCUT2D eigenvalue weighted by Gasteiger charge is -2.27. The molecule has 3 aliphatic heterocycles. The van der Waals surface area contributed by atoms with Gasteiger partial charge in [0.25, 0.3) is 0 Å². The third-order valence-corrected chi connectivity index (χ3v) is 7.29. The summed E-state index contributed by atoms with van der Waals surface area (Å²) in [4.78, 5) is 25.8. The summed E-state index contributed by atoms with van der Waals surface area (Å²) in [7, 11) is 0. The molecule has 0 fully saturated rings. The van der Waals surface area contributed by atoms with Gasteiger partial charge in [-0.15, -0.1) is 0 Å². The number of carbonyl (C=O) groups is 2. The van der Waals surface area contributed by atoms with Crippen molar-refractivity contribution in [1.82, 2.24) is 0 Å². The average molecular weight is 521 g/mol. The number of carbonyl (C=O) groups excluding carboxylic acids is 2. The van der Waals surface area contributed by atoms with E-state index in [2.05, 4.69) is 12.1 Å². The van der Waals surface area contributed by atoms with Crippen LogP contribution in [0.3, 0.4) is 0 Å². The molecule has 1 atom stereocenters. The number of fused-ring (bicyclic) bond motifs is 4. The second-order valence-corrected chi connectivity index (χ2v) is 9.72. The van der Waals surface area contributed by atoms with Crippen LogP contribution in [0.25, 0.3) is 6.08 Å². The van der Waals surface area contributed by atoms with E-state index in [0.717, 1.165) is 30.8 Å². The molecule has 0 unspecified atom stereocenters. The monoisotopic (exact) mass is 520 g/mol. The van der Waals surface area contributed by atoms with Gasteiger partial charge in [-0.1, -0.05) is 30.3 Å². The highest BCUT2D eigenvalue weighted by Crippen LogP contribution is 2.50. The molecule has 3 aromatic carbocycles. The van der Waals surface area contributed by atoms with E-state index in [4.69, 9.17) is 23.4 Å². The van der Waals surface area contributed by atoms with Crippen LogP contribution in [0.4, 0.5) is 0 Å². The van der Waals surface area contributed by atoms with Crippen molar-refractivity contribution in [3.05, 3.63) is 112 Å². The van der Waals surface area contributed by atoms with E-state index in [9.17, 15) is 9.59 Å². The Hall–Kier alpha value is -4.78. The number of hydrogen-bond donors (Lipinski definition) is 0. The number of furan rings is 1. The fourth-order valence-corrected chi connectivity index (χ4v) is 5.45. The number of ketones is 1. The van der Waals surface area contributed by atoms with Crippen molar-refractivity contribution >= 4 is 17.8 Å². The van der Waals surface area contributed by atoms with Crippen LogP contribution in [0.2, 0.25) is 0 Å². The SMILES string of the molecule is O=C1C[C@@H](c2ccccc2OCCc2ccc3c(c2)CCO3)c2c(ccc3c2O/C(=C\c2ccco2)C3=O)O1. The summed E-state index contributed by atoms with van der Waals surface area (Å²) in [5, 5.41) is 0. The zero-order valence-electron chi connectivity index (χ0n) is 21.0.